The van der Waals surface area contributed by atoms with Gasteiger partial charge in [-0.3, -0.25) is 0 Å². The third-order valence-corrected chi connectivity index (χ3v) is 2.01. The summed E-state index contributed by atoms with van der Waals surface area (Å²) in [5, 5.41) is 10.7. The highest BCUT2D eigenvalue weighted by Crippen LogP contribution is 2.24. The summed E-state index contributed by atoms with van der Waals surface area (Å²) in [6, 6.07) is 4.44. The summed E-state index contributed by atoms with van der Waals surface area (Å²) in [7, 11) is 0. The van der Waals surface area contributed by atoms with Gasteiger partial charge in [0, 0.05) is 5.56 Å². The normalized spacial score (nSPS) is 13.0. The van der Waals surface area contributed by atoms with Gasteiger partial charge in [0.1, 0.15) is 0 Å². The van der Waals surface area contributed by atoms with Crippen LogP contribution in [0.15, 0.2) is 23.4 Å². The third-order valence-electron chi connectivity index (χ3n) is 2.01. The monoisotopic (exact) mass is 217 g/mol. The zero-order valence-corrected chi connectivity index (χ0v) is 8.26. The number of halogens is 3. The van der Waals surface area contributed by atoms with Crippen LogP contribution >= 0.6 is 0 Å². The lowest BCUT2D eigenvalue weighted by Gasteiger charge is -2.11. The Bertz CT molecular complexity index is 396. The Morgan fingerprint density at radius 2 is 1.87 bits per heavy atom. The van der Waals surface area contributed by atoms with E-state index in [0.717, 1.165) is 5.56 Å². The molecule has 5 heteroatoms. The van der Waals surface area contributed by atoms with Crippen molar-refractivity contribution in [2.24, 2.45) is 5.16 Å². The van der Waals surface area contributed by atoms with Gasteiger partial charge in [-0.15, -0.1) is 0 Å². The van der Waals surface area contributed by atoms with Crippen molar-refractivity contribution in [1.82, 2.24) is 0 Å². The average Bonchev–Trinajstić information content (AvgIpc) is 2.07. The average molecular weight is 217 g/mol. The topological polar surface area (TPSA) is 32.6 Å². The standard InChI is InChI=1S/C10H10F3NO/c1-6-3-4-8(7(2)5-6)9(14-15)10(11,12)13/h3-5,15H,1-2H3/b14-9-. The Labute approximate surface area is 85.0 Å². The molecule has 0 amide bonds. The molecule has 0 saturated carbocycles. The molecular formula is C10H10F3NO. The van der Waals surface area contributed by atoms with Gasteiger partial charge in [0.25, 0.3) is 0 Å². The number of hydrogen-bond donors (Lipinski definition) is 1. The third kappa shape index (κ3) is 2.49. The van der Waals surface area contributed by atoms with Crippen LogP contribution in [0.3, 0.4) is 0 Å². The van der Waals surface area contributed by atoms with E-state index < -0.39 is 11.9 Å². The molecule has 0 saturated heterocycles. The zero-order chi connectivity index (χ0) is 11.6. The first-order chi connectivity index (χ1) is 6.86. The minimum absolute atomic E-state index is 0.101. The molecule has 0 spiro atoms. The predicted molar refractivity (Wildman–Crippen MR) is 50.3 cm³/mol. The van der Waals surface area contributed by atoms with Crippen LogP contribution in [0.1, 0.15) is 16.7 Å². The predicted octanol–water partition coefficient (Wildman–Crippen LogP) is 3.04. The molecule has 0 atom stereocenters. The quantitative estimate of drug-likeness (QED) is 0.437. The highest BCUT2D eigenvalue weighted by atomic mass is 19.4. The van der Waals surface area contributed by atoms with Gasteiger partial charge in [-0.25, -0.2) is 0 Å². The molecule has 0 aliphatic heterocycles. The lowest BCUT2D eigenvalue weighted by molar-refractivity contribution is -0.0601. The molecule has 1 N–H and O–H groups in total. The maximum absolute atomic E-state index is 12.4. The van der Waals surface area contributed by atoms with Gasteiger partial charge in [0.05, 0.1) is 0 Å². The fraction of sp³-hybridized carbons (Fsp3) is 0.300. The summed E-state index contributed by atoms with van der Waals surface area (Å²) in [6.45, 7) is 3.32. The molecule has 1 aromatic carbocycles. The number of alkyl halides is 3. The Balaban J connectivity index is 3.27. The van der Waals surface area contributed by atoms with Crippen LogP contribution in [0.4, 0.5) is 13.2 Å². The molecular weight excluding hydrogens is 207 g/mol. The van der Waals surface area contributed by atoms with Crippen molar-refractivity contribution < 1.29 is 18.4 Å². The molecule has 0 aliphatic rings. The second kappa shape index (κ2) is 3.92. The molecule has 1 rings (SSSR count). The lowest BCUT2D eigenvalue weighted by atomic mass is 10.0. The van der Waals surface area contributed by atoms with E-state index in [9.17, 15) is 13.2 Å². The molecule has 0 unspecified atom stereocenters. The van der Waals surface area contributed by atoms with Crippen LogP contribution in [0.5, 0.6) is 0 Å². The summed E-state index contributed by atoms with van der Waals surface area (Å²) in [5.74, 6) is 0. The van der Waals surface area contributed by atoms with Crippen molar-refractivity contribution in [3.8, 4) is 0 Å². The van der Waals surface area contributed by atoms with Gasteiger partial charge in [-0.05, 0) is 19.4 Å². The van der Waals surface area contributed by atoms with Crippen LogP contribution in [0, 0.1) is 13.8 Å². The van der Waals surface area contributed by atoms with E-state index in [2.05, 4.69) is 5.16 Å². The van der Waals surface area contributed by atoms with Crippen molar-refractivity contribution in [1.29, 1.82) is 0 Å². The summed E-state index contributed by atoms with van der Waals surface area (Å²) in [6.07, 6.45) is -4.64. The van der Waals surface area contributed by atoms with Crippen LogP contribution in [0.2, 0.25) is 0 Å². The molecule has 0 radical (unpaired) electrons. The summed E-state index contributed by atoms with van der Waals surface area (Å²) < 4.78 is 37.2. The number of aryl methyl sites for hydroxylation is 2. The Morgan fingerprint density at radius 1 is 1.27 bits per heavy atom. The Morgan fingerprint density at radius 3 is 2.27 bits per heavy atom. The van der Waals surface area contributed by atoms with Crippen LogP contribution in [-0.2, 0) is 0 Å². The lowest BCUT2D eigenvalue weighted by Crippen LogP contribution is -2.24. The molecule has 15 heavy (non-hydrogen) atoms. The van der Waals surface area contributed by atoms with Gasteiger partial charge in [0.15, 0.2) is 5.71 Å². The molecule has 0 bridgehead atoms. The fourth-order valence-corrected chi connectivity index (χ4v) is 1.34. The first kappa shape index (κ1) is 11.6. The molecule has 2 nitrogen and oxygen atoms in total. The van der Waals surface area contributed by atoms with Crippen LogP contribution < -0.4 is 0 Å². The molecule has 0 aromatic heterocycles. The fourth-order valence-electron chi connectivity index (χ4n) is 1.34. The molecule has 0 heterocycles. The first-order valence-corrected chi connectivity index (χ1v) is 4.23. The van der Waals surface area contributed by atoms with Crippen molar-refractivity contribution in [3.05, 3.63) is 34.9 Å². The van der Waals surface area contributed by atoms with Crippen LogP contribution in [0.25, 0.3) is 0 Å². The second-order valence-electron chi connectivity index (χ2n) is 3.26. The van der Waals surface area contributed by atoms with E-state index in [1.165, 1.54) is 6.07 Å². The van der Waals surface area contributed by atoms with E-state index >= 15 is 0 Å². The zero-order valence-electron chi connectivity index (χ0n) is 8.26. The number of rotatable bonds is 1. The van der Waals surface area contributed by atoms with Gasteiger partial charge in [-0.1, -0.05) is 28.9 Å². The second-order valence-corrected chi connectivity index (χ2v) is 3.26. The Kier molecular flexibility index (Phi) is 3.02. The highest BCUT2D eigenvalue weighted by Gasteiger charge is 2.38. The molecule has 0 fully saturated rings. The van der Waals surface area contributed by atoms with E-state index in [0.29, 0.717) is 5.56 Å². The molecule has 0 aliphatic carbocycles. The van der Waals surface area contributed by atoms with Crippen molar-refractivity contribution >= 4 is 5.71 Å². The van der Waals surface area contributed by atoms with Crippen molar-refractivity contribution in [2.45, 2.75) is 20.0 Å². The minimum Gasteiger partial charge on any atom is -0.410 e. The largest absolute Gasteiger partial charge is 0.437 e. The smallest absolute Gasteiger partial charge is 0.410 e. The van der Waals surface area contributed by atoms with E-state index in [-0.39, 0.29) is 5.56 Å². The molecule has 82 valence electrons. The maximum Gasteiger partial charge on any atom is 0.437 e. The SMILES string of the molecule is Cc1ccc(/C(=N/O)C(F)(F)F)c(C)c1. The minimum atomic E-state index is -4.64. The van der Waals surface area contributed by atoms with Gasteiger partial charge < -0.3 is 5.21 Å². The van der Waals surface area contributed by atoms with E-state index in [1.54, 1.807) is 26.0 Å². The van der Waals surface area contributed by atoms with Crippen molar-refractivity contribution in [2.75, 3.05) is 0 Å². The molecule has 1 aromatic rings. The Hall–Kier alpha value is -1.52. The van der Waals surface area contributed by atoms with E-state index in [1.807, 2.05) is 0 Å². The van der Waals surface area contributed by atoms with E-state index in [4.69, 9.17) is 5.21 Å². The summed E-state index contributed by atoms with van der Waals surface area (Å²) in [5.41, 5.74) is -0.0774. The summed E-state index contributed by atoms with van der Waals surface area (Å²) >= 11 is 0. The number of benzene rings is 1. The number of nitrogens with zero attached hydrogens (tertiary/aromatic N) is 1. The van der Waals surface area contributed by atoms with Crippen LogP contribution in [-0.4, -0.2) is 17.1 Å². The number of oxime groups is 1. The van der Waals surface area contributed by atoms with Crippen molar-refractivity contribution in [3.63, 3.8) is 0 Å². The number of hydrogen-bond acceptors (Lipinski definition) is 2. The summed E-state index contributed by atoms with van der Waals surface area (Å²) in [4.78, 5) is 0. The highest BCUT2D eigenvalue weighted by molar-refractivity contribution is 6.05. The maximum atomic E-state index is 12.4. The van der Waals surface area contributed by atoms with Gasteiger partial charge >= 0.3 is 6.18 Å². The first-order valence-electron chi connectivity index (χ1n) is 4.23. The van der Waals surface area contributed by atoms with Gasteiger partial charge in [-0.2, -0.15) is 13.2 Å². The van der Waals surface area contributed by atoms with Gasteiger partial charge in [0.2, 0.25) is 0 Å².